The molecule has 0 radical (unpaired) electrons. The van der Waals surface area contributed by atoms with Gasteiger partial charge in [-0.05, 0) is 56.2 Å². The van der Waals surface area contributed by atoms with E-state index in [1.54, 1.807) is 0 Å². The van der Waals surface area contributed by atoms with Crippen LogP contribution in [0.4, 0.5) is 5.82 Å². The first-order chi connectivity index (χ1) is 9.92. The second-order valence-corrected chi connectivity index (χ2v) is 5.88. The van der Waals surface area contributed by atoms with E-state index in [0.717, 1.165) is 63.8 Å². The van der Waals surface area contributed by atoms with Gasteiger partial charge in [0.15, 0.2) is 0 Å². The molecule has 1 aromatic rings. The summed E-state index contributed by atoms with van der Waals surface area (Å²) < 4.78 is 5.77. The van der Waals surface area contributed by atoms with Gasteiger partial charge in [-0.15, -0.1) is 0 Å². The number of rotatable bonds is 6. The molecule has 0 aromatic carbocycles. The van der Waals surface area contributed by atoms with Gasteiger partial charge in [-0.25, -0.2) is 4.98 Å². The van der Waals surface area contributed by atoms with Gasteiger partial charge in [0.1, 0.15) is 5.82 Å². The van der Waals surface area contributed by atoms with Crippen LogP contribution >= 0.6 is 0 Å². The summed E-state index contributed by atoms with van der Waals surface area (Å²) in [4.78, 5) is 4.71. The molecule has 3 heterocycles. The molecule has 0 amide bonds. The number of aromatic nitrogens is 1. The zero-order valence-corrected chi connectivity index (χ0v) is 12.2. The number of pyridine rings is 1. The summed E-state index contributed by atoms with van der Waals surface area (Å²) in [6.45, 7) is 5.09. The van der Waals surface area contributed by atoms with Crippen molar-refractivity contribution in [2.75, 3.05) is 38.2 Å². The van der Waals surface area contributed by atoms with Crippen molar-refractivity contribution in [3.05, 3.63) is 23.4 Å². The SMILES string of the molecule is c1cc2c(nc1CCCOCC1CCNC1)NCCC2. The first kappa shape index (κ1) is 13.8. The Morgan fingerprint density at radius 2 is 2.30 bits per heavy atom. The predicted molar refractivity (Wildman–Crippen MR) is 81.2 cm³/mol. The lowest BCUT2D eigenvalue weighted by atomic mass is 10.1. The topological polar surface area (TPSA) is 46.2 Å². The van der Waals surface area contributed by atoms with Crippen LogP contribution in [0.15, 0.2) is 12.1 Å². The highest BCUT2D eigenvalue weighted by atomic mass is 16.5. The van der Waals surface area contributed by atoms with Crippen molar-refractivity contribution < 1.29 is 4.74 Å². The Hall–Kier alpha value is -1.13. The molecule has 1 unspecified atom stereocenters. The van der Waals surface area contributed by atoms with Crippen molar-refractivity contribution in [1.82, 2.24) is 10.3 Å². The van der Waals surface area contributed by atoms with E-state index in [1.165, 1.54) is 24.1 Å². The smallest absolute Gasteiger partial charge is 0.129 e. The lowest BCUT2D eigenvalue weighted by Crippen LogP contribution is -2.15. The number of ether oxygens (including phenoxy) is 1. The molecule has 0 aliphatic carbocycles. The van der Waals surface area contributed by atoms with E-state index in [9.17, 15) is 0 Å². The molecule has 1 atom stereocenters. The van der Waals surface area contributed by atoms with Crippen LogP contribution in [0, 0.1) is 5.92 Å². The van der Waals surface area contributed by atoms with Gasteiger partial charge in [-0.3, -0.25) is 0 Å². The highest BCUT2D eigenvalue weighted by molar-refractivity contribution is 5.46. The minimum absolute atomic E-state index is 0.723. The van der Waals surface area contributed by atoms with E-state index >= 15 is 0 Å². The molecular weight excluding hydrogens is 250 g/mol. The number of aryl methyl sites for hydroxylation is 2. The summed E-state index contributed by atoms with van der Waals surface area (Å²) >= 11 is 0. The first-order valence-electron chi connectivity index (χ1n) is 7.93. The van der Waals surface area contributed by atoms with Crippen LogP contribution in [0.3, 0.4) is 0 Å². The van der Waals surface area contributed by atoms with Crippen molar-refractivity contribution in [3.8, 4) is 0 Å². The van der Waals surface area contributed by atoms with E-state index in [-0.39, 0.29) is 0 Å². The number of nitrogens with zero attached hydrogens (tertiary/aromatic N) is 1. The molecule has 3 rings (SSSR count). The molecule has 110 valence electrons. The lowest BCUT2D eigenvalue weighted by molar-refractivity contribution is 0.103. The Morgan fingerprint density at radius 1 is 1.30 bits per heavy atom. The highest BCUT2D eigenvalue weighted by Crippen LogP contribution is 2.20. The normalized spacial score (nSPS) is 21.5. The highest BCUT2D eigenvalue weighted by Gasteiger charge is 2.14. The second-order valence-electron chi connectivity index (χ2n) is 5.88. The largest absolute Gasteiger partial charge is 0.381 e. The predicted octanol–water partition coefficient (Wildman–Crippen LogP) is 2.00. The molecule has 2 aliphatic heterocycles. The zero-order valence-electron chi connectivity index (χ0n) is 12.2. The molecule has 0 spiro atoms. The van der Waals surface area contributed by atoms with Crippen molar-refractivity contribution in [2.24, 2.45) is 5.92 Å². The van der Waals surface area contributed by atoms with Crippen LogP contribution in [-0.2, 0) is 17.6 Å². The van der Waals surface area contributed by atoms with Crippen LogP contribution in [0.25, 0.3) is 0 Å². The van der Waals surface area contributed by atoms with Crippen LogP contribution < -0.4 is 10.6 Å². The molecule has 2 N–H and O–H groups in total. The summed E-state index contributed by atoms with van der Waals surface area (Å²) in [6.07, 6.45) is 5.72. The molecule has 2 aliphatic rings. The molecule has 0 saturated carbocycles. The summed E-state index contributed by atoms with van der Waals surface area (Å²) in [7, 11) is 0. The standard InChI is InChI=1S/C16H25N3O/c1-3-14-5-6-15(19-16(14)18-8-1)4-2-10-20-12-13-7-9-17-11-13/h5-6,13,17H,1-4,7-12H2,(H,18,19). The van der Waals surface area contributed by atoms with E-state index in [1.807, 2.05) is 0 Å². The molecule has 4 heteroatoms. The van der Waals surface area contributed by atoms with E-state index in [2.05, 4.69) is 22.8 Å². The summed E-state index contributed by atoms with van der Waals surface area (Å²) in [5, 5.41) is 6.76. The van der Waals surface area contributed by atoms with Gasteiger partial charge >= 0.3 is 0 Å². The number of hydrogen-bond acceptors (Lipinski definition) is 4. The van der Waals surface area contributed by atoms with Crippen LogP contribution in [-0.4, -0.2) is 37.8 Å². The van der Waals surface area contributed by atoms with Gasteiger partial charge in [-0.1, -0.05) is 6.07 Å². The maximum atomic E-state index is 5.77. The number of fused-ring (bicyclic) bond motifs is 1. The molecule has 20 heavy (non-hydrogen) atoms. The fourth-order valence-corrected chi connectivity index (χ4v) is 2.97. The maximum absolute atomic E-state index is 5.77. The van der Waals surface area contributed by atoms with E-state index in [4.69, 9.17) is 9.72 Å². The fraction of sp³-hybridized carbons (Fsp3) is 0.688. The lowest BCUT2D eigenvalue weighted by Gasteiger charge is -2.17. The minimum atomic E-state index is 0.723. The van der Waals surface area contributed by atoms with Gasteiger partial charge in [0.2, 0.25) is 0 Å². The molecule has 1 aromatic heterocycles. The van der Waals surface area contributed by atoms with Crippen LogP contribution in [0.2, 0.25) is 0 Å². The number of anilines is 1. The Bertz CT molecular complexity index is 430. The molecule has 1 fully saturated rings. The average molecular weight is 275 g/mol. The van der Waals surface area contributed by atoms with Crippen molar-refractivity contribution in [1.29, 1.82) is 0 Å². The first-order valence-corrected chi connectivity index (χ1v) is 7.93. The number of hydrogen-bond donors (Lipinski definition) is 2. The Balaban J connectivity index is 1.37. The van der Waals surface area contributed by atoms with Crippen molar-refractivity contribution in [2.45, 2.75) is 32.1 Å². The third-order valence-electron chi connectivity index (χ3n) is 4.19. The van der Waals surface area contributed by atoms with E-state index < -0.39 is 0 Å². The molecular formula is C16H25N3O. The van der Waals surface area contributed by atoms with Crippen LogP contribution in [0.5, 0.6) is 0 Å². The zero-order chi connectivity index (χ0) is 13.6. The van der Waals surface area contributed by atoms with E-state index in [0.29, 0.717) is 0 Å². The Labute approximate surface area is 121 Å². The van der Waals surface area contributed by atoms with Crippen molar-refractivity contribution in [3.63, 3.8) is 0 Å². The monoisotopic (exact) mass is 275 g/mol. The quantitative estimate of drug-likeness (QED) is 0.780. The van der Waals surface area contributed by atoms with Gasteiger partial charge in [0.05, 0.1) is 6.61 Å². The van der Waals surface area contributed by atoms with Crippen LogP contribution in [0.1, 0.15) is 30.5 Å². The van der Waals surface area contributed by atoms with Gasteiger partial charge in [0.25, 0.3) is 0 Å². The molecule has 1 saturated heterocycles. The summed E-state index contributed by atoms with van der Waals surface area (Å²) in [6, 6.07) is 4.40. The minimum Gasteiger partial charge on any atom is -0.381 e. The van der Waals surface area contributed by atoms with Crippen molar-refractivity contribution >= 4 is 5.82 Å². The second kappa shape index (κ2) is 7.04. The number of nitrogens with one attached hydrogen (secondary N) is 2. The maximum Gasteiger partial charge on any atom is 0.129 e. The Morgan fingerprint density at radius 3 is 3.20 bits per heavy atom. The van der Waals surface area contributed by atoms with Gasteiger partial charge in [-0.2, -0.15) is 0 Å². The Kier molecular flexibility index (Phi) is 4.87. The fourth-order valence-electron chi connectivity index (χ4n) is 2.97. The van der Waals surface area contributed by atoms with Gasteiger partial charge < -0.3 is 15.4 Å². The van der Waals surface area contributed by atoms with Gasteiger partial charge in [0, 0.05) is 25.4 Å². The molecule has 0 bridgehead atoms. The molecule has 4 nitrogen and oxygen atoms in total. The summed E-state index contributed by atoms with van der Waals surface area (Å²) in [5.41, 5.74) is 2.55. The third kappa shape index (κ3) is 3.70. The average Bonchev–Trinajstić information content (AvgIpc) is 3.00. The third-order valence-corrected chi connectivity index (χ3v) is 4.19. The summed E-state index contributed by atoms with van der Waals surface area (Å²) in [5.74, 6) is 1.83.